The molecule has 0 spiro atoms. The van der Waals surface area contributed by atoms with E-state index in [1.807, 2.05) is 6.92 Å². The van der Waals surface area contributed by atoms with Crippen LogP contribution in [-0.4, -0.2) is 49.3 Å². The van der Waals surface area contributed by atoms with Gasteiger partial charge in [0.1, 0.15) is 0 Å². The first-order valence-electron chi connectivity index (χ1n) is 7.47. The number of hydrogen-bond donors (Lipinski definition) is 0. The summed E-state index contributed by atoms with van der Waals surface area (Å²) in [5.74, 6) is 1.07. The molecule has 4 heteroatoms. The van der Waals surface area contributed by atoms with Crippen LogP contribution in [0.25, 0.3) is 0 Å². The Bertz CT molecular complexity index is 271. The van der Waals surface area contributed by atoms with Crippen LogP contribution < -0.4 is 0 Å². The smallest absolute Gasteiger partial charge is 0.308 e. The Labute approximate surface area is 117 Å². The second kappa shape index (κ2) is 7.85. The minimum Gasteiger partial charge on any atom is -0.466 e. The molecule has 0 aromatic heterocycles. The molecule has 0 aliphatic carbocycles. The fourth-order valence-corrected chi connectivity index (χ4v) is 3.16. The van der Waals surface area contributed by atoms with Gasteiger partial charge in [-0.3, -0.25) is 9.69 Å². The maximum absolute atomic E-state index is 11.5. The molecule has 0 saturated carbocycles. The third-order valence-electron chi connectivity index (χ3n) is 3.66. The molecule has 1 heterocycles. The summed E-state index contributed by atoms with van der Waals surface area (Å²) in [7, 11) is 0. The van der Waals surface area contributed by atoms with Gasteiger partial charge in [-0.25, -0.2) is 0 Å². The van der Waals surface area contributed by atoms with Crippen LogP contribution in [0.2, 0.25) is 0 Å². The molecule has 1 rings (SSSR count). The van der Waals surface area contributed by atoms with Crippen LogP contribution in [0.1, 0.15) is 41.0 Å². The van der Waals surface area contributed by atoms with Crippen molar-refractivity contribution in [2.45, 2.75) is 53.2 Å². The second-order valence-corrected chi connectivity index (χ2v) is 5.98. The van der Waals surface area contributed by atoms with Gasteiger partial charge in [0.05, 0.1) is 25.7 Å². The van der Waals surface area contributed by atoms with Crippen molar-refractivity contribution in [2.75, 3.05) is 26.3 Å². The maximum atomic E-state index is 11.5. The molecule has 0 N–H and O–H groups in total. The quantitative estimate of drug-likeness (QED) is 0.695. The molecule has 1 fully saturated rings. The van der Waals surface area contributed by atoms with E-state index < -0.39 is 0 Å². The minimum atomic E-state index is -0.153. The first-order valence-corrected chi connectivity index (χ1v) is 7.47. The minimum absolute atomic E-state index is 0.0206. The molecule has 1 saturated heterocycles. The van der Waals surface area contributed by atoms with E-state index in [1.165, 1.54) is 0 Å². The van der Waals surface area contributed by atoms with Gasteiger partial charge in [0.2, 0.25) is 0 Å². The van der Waals surface area contributed by atoms with E-state index in [0.29, 0.717) is 37.5 Å². The molecule has 19 heavy (non-hydrogen) atoms. The number of ether oxygens (including phenoxy) is 2. The number of carbonyl (C=O) groups is 1. The van der Waals surface area contributed by atoms with Gasteiger partial charge in [-0.1, -0.05) is 27.7 Å². The van der Waals surface area contributed by atoms with Gasteiger partial charge in [0.15, 0.2) is 0 Å². The molecular weight excluding hydrogens is 242 g/mol. The second-order valence-electron chi connectivity index (χ2n) is 5.98. The van der Waals surface area contributed by atoms with Crippen LogP contribution in [0, 0.1) is 11.8 Å². The molecule has 0 bridgehead atoms. The van der Waals surface area contributed by atoms with Crippen molar-refractivity contribution in [3.63, 3.8) is 0 Å². The Morgan fingerprint density at radius 2 is 1.95 bits per heavy atom. The standard InChI is InChI=1S/C15H29NO3/c1-6-18-14(17)9-13-10-16(7-8-19-13)15(11(2)3)12(4)5/h11-13,15H,6-10H2,1-5H3. The summed E-state index contributed by atoms with van der Waals surface area (Å²) >= 11 is 0. The lowest BCUT2D eigenvalue weighted by Gasteiger charge is -2.42. The van der Waals surface area contributed by atoms with Gasteiger partial charge in [0, 0.05) is 19.1 Å². The van der Waals surface area contributed by atoms with Crippen LogP contribution >= 0.6 is 0 Å². The van der Waals surface area contributed by atoms with E-state index in [-0.39, 0.29) is 12.1 Å². The van der Waals surface area contributed by atoms with E-state index >= 15 is 0 Å². The Kier molecular flexibility index (Phi) is 6.80. The monoisotopic (exact) mass is 271 g/mol. The molecule has 1 unspecified atom stereocenters. The zero-order valence-corrected chi connectivity index (χ0v) is 13.0. The van der Waals surface area contributed by atoms with E-state index in [0.717, 1.165) is 13.1 Å². The van der Waals surface area contributed by atoms with Gasteiger partial charge in [-0.05, 0) is 18.8 Å². The number of esters is 1. The lowest BCUT2D eigenvalue weighted by Crippen LogP contribution is -2.51. The average Bonchev–Trinajstić information content (AvgIpc) is 2.28. The molecule has 1 aliphatic heterocycles. The topological polar surface area (TPSA) is 38.8 Å². The van der Waals surface area contributed by atoms with Gasteiger partial charge in [-0.2, -0.15) is 0 Å². The SMILES string of the molecule is CCOC(=O)CC1CN(C(C(C)C)C(C)C)CCO1. The molecule has 0 radical (unpaired) electrons. The zero-order chi connectivity index (χ0) is 14.4. The third-order valence-corrected chi connectivity index (χ3v) is 3.66. The van der Waals surface area contributed by atoms with E-state index in [1.54, 1.807) is 0 Å². The van der Waals surface area contributed by atoms with Crippen molar-refractivity contribution in [3.8, 4) is 0 Å². The highest BCUT2D eigenvalue weighted by atomic mass is 16.5. The maximum Gasteiger partial charge on any atom is 0.308 e. The summed E-state index contributed by atoms with van der Waals surface area (Å²) < 4.78 is 10.7. The lowest BCUT2D eigenvalue weighted by molar-refractivity contribution is -0.149. The molecule has 112 valence electrons. The van der Waals surface area contributed by atoms with Gasteiger partial charge in [0.25, 0.3) is 0 Å². The molecule has 0 amide bonds. The van der Waals surface area contributed by atoms with Crippen molar-refractivity contribution < 1.29 is 14.3 Å². The molecule has 0 aromatic carbocycles. The number of carbonyl (C=O) groups excluding carboxylic acids is 1. The third kappa shape index (κ3) is 5.11. The van der Waals surface area contributed by atoms with Crippen LogP contribution in [0.3, 0.4) is 0 Å². The fraction of sp³-hybridized carbons (Fsp3) is 0.933. The zero-order valence-electron chi connectivity index (χ0n) is 13.0. The summed E-state index contributed by atoms with van der Waals surface area (Å²) in [6, 6.07) is 0.550. The van der Waals surface area contributed by atoms with Crippen molar-refractivity contribution in [1.82, 2.24) is 4.90 Å². The van der Waals surface area contributed by atoms with Gasteiger partial charge < -0.3 is 9.47 Å². The van der Waals surface area contributed by atoms with E-state index in [4.69, 9.17) is 9.47 Å². The molecular formula is C15H29NO3. The predicted octanol–water partition coefficient (Wildman–Crippen LogP) is 2.32. The summed E-state index contributed by atoms with van der Waals surface area (Å²) in [4.78, 5) is 14.0. The normalized spacial score (nSPS) is 21.4. The Morgan fingerprint density at radius 1 is 1.32 bits per heavy atom. The average molecular weight is 271 g/mol. The highest BCUT2D eigenvalue weighted by Crippen LogP contribution is 2.22. The van der Waals surface area contributed by atoms with Crippen molar-refractivity contribution >= 4 is 5.97 Å². The van der Waals surface area contributed by atoms with Gasteiger partial charge >= 0.3 is 5.97 Å². The molecule has 1 atom stereocenters. The summed E-state index contributed by atoms with van der Waals surface area (Å²) in [5, 5.41) is 0. The van der Waals surface area contributed by atoms with Crippen LogP contribution in [0.15, 0.2) is 0 Å². The van der Waals surface area contributed by atoms with Crippen LogP contribution in [0.5, 0.6) is 0 Å². The Balaban J connectivity index is 2.55. The Hall–Kier alpha value is -0.610. The van der Waals surface area contributed by atoms with Crippen LogP contribution in [-0.2, 0) is 14.3 Å². The number of morpholine rings is 1. The first kappa shape index (κ1) is 16.4. The highest BCUT2D eigenvalue weighted by molar-refractivity contribution is 5.69. The summed E-state index contributed by atoms with van der Waals surface area (Å²) in [6.07, 6.45) is 0.348. The first-order chi connectivity index (χ1) is 8.95. The fourth-order valence-electron chi connectivity index (χ4n) is 3.16. The summed E-state index contributed by atoms with van der Waals surface area (Å²) in [5.41, 5.74) is 0. The molecule has 0 aromatic rings. The summed E-state index contributed by atoms with van der Waals surface area (Å²) in [6.45, 7) is 13.8. The number of hydrogen-bond acceptors (Lipinski definition) is 4. The molecule has 4 nitrogen and oxygen atoms in total. The number of rotatable bonds is 6. The number of nitrogens with zero attached hydrogens (tertiary/aromatic N) is 1. The predicted molar refractivity (Wildman–Crippen MR) is 76.0 cm³/mol. The van der Waals surface area contributed by atoms with Crippen LogP contribution in [0.4, 0.5) is 0 Å². The molecule has 1 aliphatic rings. The van der Waals surface area contributed by atoms with Gasteiger partial charge in [-0.15, -0.1) is 0 Å². The van der Waals surface area contributed by atoms with E-state index in [2.05, 4.69) is 32.6 Å². The Morgan fingerprint density at radius 3 is 2.47 bits per heavy atom. The van der Waals surface area contributed by atoms with Crippen molar-refractivity contribution in [1.29, 1.82) is 0 Å². The van der Waals surface area contributed by atoms with Crippen molar-refractivity contribution in [3.05, 3.63) is 0 Å². The largest absolute Gasteiger partial charge is 0.466 e. The van der Waals surface area contributed by atoms with E-state index in [9.17, 15) is 4.79 Å². The highest BCUT2D eigenvalue weighted by Gasteiger charge is 2.31. The van der Waals surface area contributed by atoms with Crippen molar-refractivity contribution in [2.24, 2.45) is 11.8 Å². The lowest BCUT2D eigenvalue weighted by atomic mass is 9.91.